The van der Waals surface area contributed by atoms with Crippen molar-refractivity contribution in [3.05, 3.63) is 24.0 Å². The lowest BCUT2D eigenvalue weighted by Crippen LogP contribution is -2.48. The number of hydrogen-bond acceptors (Lipinski definition) is 5. The van der Waals surface area contributed by atoms with Crippen LogP contribution in [0, 0.1) is 11.8 Å². The van der Waals surface area contributed by atoms with Crippen LogP contribution in [0.25, 0.3) is 11.0 Å². The summed E-state index contributed by atoms with van der Waals surface area (Å²) in [6.07, 6.45) is 4.04. The monoisotopic (exact) mass is 533 g/mol. The molecule has 10 heteroatoms. The molecule has 1 aromatic carbocycles. The topological polar surface area (TPSA) is 96.8 Å². The Morgan fingerprint density at radius 3 is 2.46 bits per heavy atom. The van der Waals surface area contributed by atoms with Crippen molar-refractivity contribution in [3.63, 3.8) is 0 Å². The summed E-state index contributed by atoms with van der Waals surface area (Å²) in [6, 6.07) is 5.76. The van der Waals surface area contributed by atoms with E-state index in [1.54, 1.807) is 7.05 Å². The number of anilines is 1. The van der Waals surface area contributed by atoms with Crippen LogP contribution < -0.4 is 9.62 Å². The van der Waals surface area contributed by atoms with E-state index >= 15 is 0 Å². The van der Waals surface area contributed by atoms with Gasteiger partial charge in [-0.3, -0.25) is 9.10 Å². The van der Waals surface area contributed by atoms with Gasteiger partial charge in [-0.15, -0.1) is 0 Å². The zero-order valence-electron chi connectivity index (χ0n) is 23.0. The molecule has 2 aromatic rings. The van der Waals surface area contributed by atoms with Crippen molar-refractivity contribution in [1.82, 2.24) is 19.2 Å². The molecule has 2 aliphatic rings. The molecule has 0 atom stereocenters. The Labute approximate surface area is 221 Å². The van der Waals surface area contributed by atoms with Crippen molar-refractivity contribution < 1.29 is 17.9 Å². The summed E-state index contributed by atoms with van der Waals surface area (Å²) in [5.41, 5.74) is 2.29. The summed E-state index contributed by atoms with van der Waals surface area (Å²) in [7, 11) is -2.12. The number of hydrogen-bond donors (Lipinski definition) is 1. The summed E-state index contributed by atoms with van der Waals surface area (Å²) in [4.78, 5) is 17.3. The van der Waals surface area contributed by atoms with Gasteiger partial charge in [-0.25, -0.2) is 4.98 Å². The van der Waals surface area contributed by atoms with Gasteiger partial charge in [0.25, 0.3) is 0 Å². The highest BCUT2D eigenvalue weighted by molar-refractivity contribution is 7.90. The first-order valence-electron chi connectivity index (χ1n) is 13.6. The number of amides is 1. The van der Waals surface area contributed by atoms with Crippen molar-refractivity contribution in [2.45, 2.75) is 71.8 Å². The van der Waals surface area contributed by atoms with Crippen LogP contribution in [0.2, 0.25) is 0 Å². The summed E-state index contributed by atoms with van der Waals surface area (Å²) < 4.78 is 37.7. The number of ether oxygens (including phenoxy) is 1. The van der Waals surface area contributed by atoms with Crippen LogP contribution in [-0.2, 0) is 31.7 Å². The minimum Gasteiger partial charge on any atom is -0.381 e. The van der Waals surface area contributed by atoms with E-state index in [0.29, 0.717) is 44.1 Å². The molecule has 0 unspecified atom stereocenters. The van der Waals surface area contributed by atoms with Gasteiger partial charge >= 0.3 is 10.2 Å². The third kappa shape index (κ3) is 6.12. The van der Waals surface area contributed by atoms with Gasteiger partial charge in [0, 0.05) is 57.8 Å². The second-order valence-electron chi connectivity index (χ2n) is 11.5. The molecule has 0 aliphatic carbocycles. The number of imidazole rings is 1. The maximum absolute atomic E-state index is 13.5. The lowest BCUT2D eigenvalue weighted by Gasteiger charge is -2.33. The second kappa shape index (κ2) is 11.3. The largest absolute Gasteiger partial charge is 0.381 e. The molecule has 0 bridgehead atoms. The van der Waals surface area contributed by atoms with E-state index in [-0.39, 0.29) is 17.2 Å². The van der Waals surface area contributed by atoms with Gasteiger partial charge in [0.15, 0.2) is 0 Å². The fraction of sp³-hybridized carbons (Fsp3) is 0.704. The molecule has 2 fully saturated rings. The first-order valence-corrected chi connectivity index (χ1v) is 15.0. The quantitative estimate of drug-likeness (QED) is 0.558. The number of piperidine rings is 1. The second-order valence-corrected chi connectivity index (χ2v) is 13.4. The molecule has 0 radical (unpaired) electrons. The van der Waals surface area contributed by atoms with Crippen LogP contribution in [0.3, 0.4) is 0 Å². The molecule has 0 spiro atoms. The number of rotatable bonds is 8. The van der Waals surface area contributed by atoms with Crippen LogP contribution >= 0.6 is 0 Å². The Morgan fingerprint density at radius 2 is 1.84 bits per heavy atom. The van der Waals surface area contributed by atoms with Crippen molar-refractivity contribution in [1.29, 1.82) is 0 Å². The smallest absolute Gasteiger partial charge is 0.303 e. The Balaban J connectivity index is 1.54. The highest BCUT2D eigenvalue weighted by Gasteiger charge is 2.34. The Hall–Kier alpha value is -2.17. The van der Waals surface area contributed by atoms with E-state index in [0.717, 1.165) is 55.9 Å². The fourth-order valence-corrected chi connectivity index (χ4v) is 6.70. The van der Waals surface area contributed by atoms with Crippen LogP contribution in [-0.4, -0.2) is 68.1 Å². The van der Waals surface area contributed by atoms with E-state index in [9.17, 15) is 13.2 Å². The zero-order chi connectivity index (χ0) is 26.8. The molecule has 1 N–H and O–H groups in total. The van der Waals surface area contributed by atoms with Crippen LogP contribution in [0.4, 0.5) is 5.69 Å². The molecular weight excluding hydrogens is 490 g/mol. The highest BCUT2D eigenvalue weighted by Crippen LogP contribution is 2.32. The van der Waals surface area contributed by atoms with Crippen LogP contribution in [0.15, 0.2) is 18.2 Å². The normalized spacial score (nSPS) is 18.8. The number of fused-ring (bicyclic) bond motifs is 1. The van der Waals surface area contributed by atoms with E-state index in [1.165, 1.54) is 8.61 Å². The standard InChI is InChI=1S/C27H43N5O4S/c1-6-13-28-25(33)21-9-14-31(15-10-21)37(34,35)30(5)22-7-8-24-23(18-22)29-26(27(2,3)4)32(24)19-20-11-16-36-17-12-20/h7-8,18,20-21H,6,9-17,19H2,1-5H3,(H,28,33). The van der Waals surface area contributed by atoms with Gasteiger partial charge in [-0.1, -0.05) is 27.7 Å². The molecule has 4 rings (SSSR count). The van der Waals surface area contributed by atoms with E-state index in [4.69, 9.17) is 9.72 Å². The van der Waals surface area contributed by atoms with Crippen molar-refractivity contribution in [3.8, 4) is 0 Å². The molecule has 3 heterocycles. The van der Waals surface area contributed by atoms with Gasteiger partial charge in [0.2, 0.25) is 5.91 Å². The molecule has 1 aromatic heterocycles. The molecule has 206 valence electrons. The maximum Gasteiger partial charge on any atom is 0.303 e. The summed E-state index contributed by atoms with van der Waals surface area (Å²) in [5.74, 6) is 1.46. The predicted molar refractivity (Wildman–Crippen MR) is 147 cm³/mol. The number of nitrogens with one attached hydrogen (secondary N) is 1. The Morgan fingerprint density at radius 1 is 1.16 bits per heavy atom. The predicted octanol–water partition coefficient (Wildman–Crippen LogP) is 3.68. The van der Waals surface area contributed by atoms with Gasteiger partial charge in [-0.05, 0) is 56.2 Å². The van der Waals surface area contributed by atoms with Gasteiger partial charge < -0.3 is 14.6 Å². The van der Waals surface area contributed by atoms with Crippen LogP contribution in [0.5, 0.6) is 0 Å². The number of carbonyl (C=O) groups excluding carboxylic acids is 1. The molecule has 1 amide bonds. The molecule has 37 heavy (non-hydrogen) atoms. The van der Waals surface area contributed by atoms with Crippen molar-refractivity contribution in [2.24, 2.45) is 11.8 Å². The minimum atomic E-state index is -3.72. The lowest BCUT2D eigenvalue weighted by atomic mass is 9.94. The molecule has 2 saturated heterocycles. The first-order chi connectivity index (χ1) is 17.5. The van der Waals surface area contributed by atoms with E-state index in [2.05, 4.69) is 30.7 Å². The third-order valence-corrected chi connectivity index (χ3v) is 9.51. The van der Waals surface area contributed by atoms with Crippen molar-refractivity contribution >= 4 is 32.8 Å². The van der Waals surface area contributed by atoms with E-state index in [1.807, 2.05) is 25.1 Å². The van der Waals surface area contributed by atoms with Gasteiger partial charge in [-0.2, -0.15) is 12.7 Å². The third-order valence-electron chi connectivity index (χ3n) is 7.59. The first kappa shape index (κ1) is 27.9. The number of carbonyl (C=O) groups is 1. The van der Waals surface area contributed by atoms with Crippen molar-refractivity contribution in [2.75, 3.05) is 44.2 Å². The fourth-order valence-electron chi connectivity index (χ4n) is 5.31. The lowest BCUT2D eigenvalue weighted by molar-refractivity contribution is -0.126. The zero-order valence-corrected chi connectivity index (χ0v) is 23.8. The van der Waals surface area contributed by atoms with Gasteiger partial charge in [0.1, 0.15) is 5.82 Å². The Bertz CT molecular complexity index is 1190. The average molecular weight is 534 g/mol. The summed E-state index contributed by atoms with van der Waals surface area (Å²) in [6.45, 7) is 12.3. The summed E-state index contributed by atoms with van der Waals surface area (Å²) in [5, 5.41) is 2.93. The number of nitrogens with zero attached hydrogens (tertiary/aromatic N) is 4. The minimum absolute atomic E-state index is 0.0312. The molecular formula is C27H43N5O4S. The SMILES string of the molecule is CCCNC(=O)C1CCN(S(=O)(=O)N(C)c2ccc3c(c2)nc(C(C)(C)C)n3CC2CCOCC2)CC1. The summed E-state index contributed by atoms with van der Waals surface area (Å²) >= 11 is 0. The molecule has 9 nitrogen and oxygen atoms in total. The number of aromatic nitrogens is 2. The molecule has 0 saturated carbocycles. The van der Waals surface area contributed by atoms with Crippen LogP contribution in [0.1, 0.15) is 65.6 Å². The van der Waals surface area contributed by atoms with Gasteiger partial charge in [0.05, 0.1) is 16.7 Å². The van der Waals surface area contributed by atoms with E-state index < -0.39 is 10.2 Å². The molecule has 2 aliphatic heterocycles. The maximum atomic E-state index is 13.5. The number of benzene rings is 1. The Kier molecular flexibility index (Phi) is 8.50. The highest BCUT2D eigenvalue weighted by atomic mass is 32.2. The average Bonchev–Trinajstić information content (AvgIpc) is 3.25.